The largest absolute Gasteiger partial charge is 0.435 e. The number of thiazole rings is 1. The number of hydrogen-bond acceptors (Lipinski definition) is 5. The number of likely N-dealkylation sites (tertiary alicyclic amines) is 1. The number of carbonyl (C=O) groups excluding carboxylic acids is 2. The topological polar surface area (TPSA) is 71.5 Å². The smallest absolute Gasteiger partial charge is 0.387 e. The monoisotopic (exact) mass is 367 g/mol. The highest BCUT2D eigenvalue weighted by molar-refractivity contribution is 7.13. The molecule has 1 N–H and O–H groups in total. The third kappa shape index (κ3) is 4.30. The second kappa shape index (κ2) is 7.56. The molecule has 2 amide bonds. The highest BCUT2D eigenvalue weighted by Crippen LogP contribution is 2.24. The van der Waals surface area contributed by atoms with Gasteiger partial charge in [-0.2, -0.15) is 8.78 Å². The van der Waals surface area contributed by atoms with E-state index < -0.39 is 12.7 Å². The minimum atomic E-state index is -2.88. The Balaban J connectivity index is 1.66. The first kappa shape index (κ1) is 17.3. The van der Waals surface area contributed by atoms with Gasteiger partial charge in [0.2, 0.25) is 11.8 Å². The molecule has 0 aliphatic carbocycles. The van der Waals surface area contributed by atoms with Gasteiger partial charge in [0.25, 0.3) is 0 Å². The molecule has 0 spiro atoms. The Morgan fingerprint density at radius 2 is 2.16 bits per heavy atom. The predicted molar refractivity (Wildman–Crippen MR) is 87.4 cm³/mol. The van der Waals surface area contributed by atoms with E-state index in [0.29, 0.717) is 18.0 Å². The quantitative estimate of drug-likeness (QED) is 0.852. The van der Waals surface area contributed by atoms with Gasteiger partial charge in [0.05, 0.1) is 0 Å². The Bertz CT molecular complexity index is 738. The lowest BCUT2D eigenvalue weighted by Gasteiger charge is -2.23. The Hall–Kier alpha value is -2.55. The molecule has 1 unspecified atom stereocenters. The van der Waals surface area contributed by atoms with Gasteiger partial charge in [-0.1, -0.05) is 12.1 Å². The van der Waals surface area contributed by atoms with Crippen LogP contribution in [-0.4, -0.2) is 34.4 Å². The molecule has 1 aromatic heterocycles. The molecular weight excluding hydrogens is 352 g/mol. The zero-order valence-electron chi connectivity index (χ0n) is 13.0. The molecule has 1 aliphatic heterocycles. The van der Waals surface area contributed by atoms with Crippen molar-refractivity contribution in [2.45, 2.75) is 32.0 Å². The first-order valence-electron chi connectivity index (χ1n) is 7.56. The lowest BCUT2D eigenvalue weighted by atomic mass is 10.1. The van der Waals surface area contributed by atoms with Crippen LogP contribution in [0.5, 0.6) is 5.75 Å². The fourth-order valence-electron chi connectivity index (χ4n) is 2.65. The van der Waals surface area contributed by atoms with Crippen LogP contribution < -0.4 is 10.1 Å². The lowest BCUT2D eigenvalue weighted by molar-refractivity contribution is -0.133. The van der Waals surface area contributed by atoms with E-state index in [1.165, 1.54) is 28.4 Å². The van der Waals surface area contributed by atoms with E-state index in [1.54, 1.807) is 23.7 Å². The van der Waals surface area contributed by atoms with Crippen molar-refractivity contribution >= 4 is 28.3 Å². The third-order valence-corrected chi connectivity index (χ3v) is 4.48. The van der Waals surface area contributed by atoms with Crippen LogP contribution in [0, 0.1) is 0 Å². The zero-order chi connectivity index (χ0) is 17.8. The number of rotatable bonds is 6. The Morgan fingerprint density at radius 3 is 2.80 bits per heavy atom. The number of benzene rings is 1. The molecule has 9 heteroatoms. The molecule has 0 radical (unpaired) electrons. The minimum Gasteiger partial charge on any atom is -0.435 e. The summed E-state index contributed by atoms with van der Waals surface area (Å²) in [5.41, 5.74) is 0.726. The van der Waals surface area contributed by atoms with Crippen molar-refractivity contribution in [3.05, 3.63) is 41.4 Å². The standard InChI is InChI=1S/C16H15F2N3O3S/c17-15(18)24-11-3-1-10(2-4-11)9-21-12(5-6-13(21)22)14(23)20-16-19-7-8-25-16/h1-4,7-8,12,15H,5-6,9H2,(H,19,20,23). The van der Waals surface area contributed by atoms with E-state index in [1.807, 2.05) is 0 Å². The molecule has 1 aromatic carbocycles. The molecule has 2 heterocycles. The van der Waals surface area contributed by atoms with E-state index in [-0.39, 0.29) is 24.1 Å². The number of nitrogens with one attached hydrogen (secondary N) is 1. The lowest BCUT2D eigenvalue weighted by Crippen LogP contribution is -2.41. The molecule has 1 saturated heterocycles. The second-order valence-electron chi connectivity index (χ2n) is 5.43. The number of aromatic nitrogens is 1. The van der Waals surface area contributed by atoms with E-state index in [2.05, 4.69) is 15.0 Å². The molecule has 1 fully saturated rings. The van der Waals surface area contributed by atoms with Gasteiger partial charge < -0.3 is 15.0 Å². The minimum absolute atomic E-state index is 0.0459. The highest BCUT2D eigenvalue weighted by atomic mass is 32.1. The first-order valence-corrected chi connectivity index (χ1v) is 8.44. The van der Waals surface area contributed by atoms with Gasteiger partial charge in [-0.25, -0.2) is 4.98 Å². The average Bonchev–Trinajstić information content (AvgIpc) is 3.19. The number of anilines is 1. The molecule has 2 aromatic rings. The SMILES string of the molecule is O=C(Nc1nccs1)C1CCC(=O)N1Cc1ccc(OC(F)F)cc1. The summed E-state index contributed by atoms with van der Waals surface area (Å²) >= 11 is 1.30. The van der Waals surface area contributed by atoms with Crippen LogP contribution in [0.25, 0.3) is 0 Å². The molecule has 132 valence electrons. The molecule has 6 nitrogen and oxygen atoms in total. The number of halogens is 2. The van der Waals surface area contributed by atoms with Crippen molar-refractivity contribution in [3.63, 3.8) is 0 Å². The van der Waals surface area contributed by atoms with Gasteiger partial charge in [-0.15, -0.1) is 11.3 Å². The fraction of sp³-hybridized carbons (Fsp3) is 0.312. The zero-order valence-corrected chi connectivity index (χ0v) is 13.8. The second-order valence-corrected chi connectivity index (χ2v) is 6.32. The molecule has 0 bridgehead atoms. The van der Waals surface area contributed by atoms with Gasteiger partial charge in [0.1, 0.15) is 11.8 Å². The van der Waals surface area contributed by atoms with Gasteiger partial charge >= 0.3 is 6.61 Å². The van der Waals surface area contributed by atoms with Gasteiger partial charge in [0.15, 0.2) is 5.13 Å². The first-order chi connectivity index (χ1) is 12.0. The number of hydrogen-bond donors (Lipinski definition) is 1. The Labute approximate surface area is 146 Å². The van der Waals surface area contributed by atoms with E-state index in [9.17, 15) is 18.4 Å². The summed E-state index contributed by atoms with van der Waals surface area (Å²) in [5, 5.41) is 4.93. The van der Waals surface area contributed by atoms with Crippen molar-refractivity contribution in [2.24, 2.45) is 0 Å². The number of carbonyl (C=O) groups is 2. The van der Waals surface area contributed by atoms with Crippen LogP contribution in [0.2, 0.25) is 0 Å². The molecular formula is C16H15F2N3O3S. The number of ether oxygens (including phenoxy) is 1. The van der Waals surface area contributed by atoms with Gasteiger partial charge in [-0.05, 0) is 24.1 Å². The summed E-state index contributed by atoms with van der Waals surface area (Å²) in [6, 6.07) is 5.44. The number of alkyl halides is 2. The van der Waals surface area contributed by atoms with Crippen molar-refractivity contribution in [1.29, 1.82) is 0 Å². The summed E-state index contributed by atoms with van der Waals surface area (Å²) in [6.45, 7) is -2.66. The summed E-state index contributed by atoms with van der Waals surface area (Å²) in [7, 11) is 0. The van der Waals surface area contributed by atoms with E-state index in [4.69, 9.17) is 0 Å². The predicted octanol–water partition coefficient (Wildman–Crippen LogP) is 2.87. The van der Waals surface area contributed by atoms with Crippen LogP contribution in [0.15, 0.2) is 35.8 Å². The van der Waals surface area contributed by atoms with Crippen LogP contribution in [0.4, 0.5) is 13.9 Å². The van der Waals surface area contributed by atoms with Crippen molar-refractivity contribution < 1.29 is 23.1 Å². The average molecular weight is 367 g/mol. The summed E-state index contributed by atoms with van der Waals surface area (Å²) < 4.78 is 28.6. The van der Waals surface area contributed by atoms with Crippen LogP contribution in [0.1, 0.15) is 18.4 Å². The molecule has 0 saturated carbocycles. The Morgan fingerprint density at radius 1 is 1.40 bits per heavy atom. The van der Waals surface area contributed by atoms with Crippen molar-refractivity contribution in [3.8, 4) is 5.75 Å². The van der Waals surface area contributed by atoms with E-state index >= 15 is 0 Å². The summed E-state index contributed by atoms with van der Waals surface area (Å²) in [4.78, 5) is 30.0. The normalized spacial score (nSPS) is 17.2. The summed E-state index contributed by atoms with van der Waals surface area (Å²) in [5.74, 6) is -0.352. The Kier molecular flexibility index (Phi) is 5.22. The summed E-state index contributed by atoms with van der Waals surface area (Å²) in [6.07, 6.45) is 2.31. The molecule has 3 rings (SSSR count). The maximum atomic E-state index is 12.4. The van der Waals surface area contributed by atoms with Crippen LogP contribution in [0.3, 0.4) is 0 Å². The van der Waals surface area contributed by atoms with Gasteiger partial charge in [0, 0.05) is 24.5 Å². The van der Waals surface area contributed by atoms with Gasteiger partial charge in [-0.3, -0.25) is 9.59 Å². The van der Waals surface area contributed by atoms with Crippen molar-refractivity contribution in [2.75, 3.05) is 5.32 Å². The van der Waals surface area contributed by atoms with Crippen molar-refractivity contribution in [1.82, 2.24) is 9.88 Å². The maximum absolute atomic E-state index is 12.4. The molecule has 25 heavy (non-hydrogen) atoms. The maximum Gasteiger partial charge on any atom is 0.387 e. The molecule has 1 aliphatic rings. The fourth-order valence-corrected chi connectivity index (χ4v) is 3.18. The van der Waals surface area contributed by atoms with Crippen LogP contribution in [-0.2, 0) is 16.1 Å². The van der Waals surface area contributed by atoms with Crippen LogP contribution >= 0.6 is 11.3 Å². The molecule has 1 atom stereocenters. The number of nitrogens with zero attached hydrogens (tertiary/aromatic N) is 2. The van der Waals surface area contributed by atoms with E-state index in [0.717, 1.165) is 5.56 Å². The highest BCUT2D eigenvalue weighted by Gasteiger charge is 2.36. The third-order valence-electron chi connectivity index (χ3n) is 3.79. The number of amides is 2.